The first-order chi connectivity index (χ1) is 9.17. The molecule has 106 valence electrons. The van der Waals surface area contributed by atoms with Gasteiger partial charge < -0.3 is 14.8 Å². The summed E-state index contributed by atoms with van der Waals surface area (Å²) < 4.78 is 25.5. The maximum Gasteiger partial charge on any atom is 0.197 e. The molecule has 1 aliphatic rings. The smallest absolute Gasteiger partial charge is 0.197 e. The number of benzene rings is 1. The third-order valence-electron chi connectivity index (χ3n) is 3.55. The lowest BCUT2D eigenvalue weighted by Crippen LogP contribution is -2.31. The minimum atomic E-state index is -0.320. The first-order valence-electron chi connectivity index (χ1n) is 6.47. The van der Waals surface area contributed by atoms with E-state index < -0.39 is 0 Å². The van der Waals surface area contributed by atoms with Crippen LogP contribution < -0.4 is 14.8 Å². The Hall–Kier alpha value is -0.810. The summed E-state index contributed by atoms with van der Waals surface area (Å²) in [7, 11) is 2.97. The van der Waals surface area contributed by atoms with Gasteiger partial charge in [0.2, 0.25) is 0 Å². The third kappa shape index (κ3) is 3.20. The minimum Gasteiger partial charge on any atom is -0.493 e. The molecular formula is C14H19BrFNO2. The molecule has 0 amide bonds. The van der Waals surface area contributed by atoms with Crippen LogP contribution in [0, 0.1) is 11.7 Å². The van der Waals surface area contributed by atoms with Crippen LogP contribution in [0.3, 0.4) is 0 Å². The average molecular weight is 332 g/mol. The Bertz CT molecular complexity index is 448. The van der Waals surface area contributed by atoms with Crippen molar-refractivity contribution >= 4 is 15.9 Å². The van der Waals surface area contributed by atoms with E-state index >= 15 is 0 Å². The van der Waals surface area contributed by atoms with Gasteiger partial charge in [0.1, 0.15) is 0 Å². The second kappa shape index (κ2) is 6.57. The van der Waals surface area contributed by atoms with E-state index in [1.165, 1.54) is 14.2 Å². The lowest BCUT2D eigenvalue weighted by molar-refractivity contribution is 0.330. The predicted octanol–water partition coefficient (Wildman–Crippen LogP) is 3.15. The molecule has 1 saturated heterocycles. The molecule has 5 heteroatoms. The Kier molecular flexibility index (Phi) is 5.05. The highest BCUT2D eigenvalue weighted by atomic mass is 79.9. The van der Waals surface area contributed by atoms with Crippen LogP contribution in [0.2, 0.25) is 0 Å². The van der Waals surface area contributed by atoms with Crippen LogP contribution in [0.1, 0.15) is 18.4 Å². The van der Waals surface area contributed by atoms with Gasteiger partial charge in [-0.3, -0.25) is 0 Å². The number of halogens is 2. The SMILES string of the molecule is COc1cc(Br)c(CC2CCCNC2)c(F)c1OC. The molecule has 3 nitrogen and oxygen atoms in total. The monoisotopic (exact) mass is 331 g/mol. The van der Waals surface area contributed by atoms with Crippen LogP contribution in [0.15, 0.2) is 10.5 Å². The van der Waals surface area contributed by atoms with Crippen molar-refractivity contribution < 1.29 is 13.9 Å². The summed E-state index contributed by atoms with van der Waals surface area (Å²) in [5, 5.41) is 3.35. The van der Waals surface area contributed by atoms with E-state index in [9.17, 15) is 4.39 Å². The molecule has 1 unspecified atom stereocenters. The van der Waals surface area contributed by atoms with Crippen molar-refractivity contribution in [2.75, 3.05) is 27.3 Å². The zero-order chi connectivity index (χ0) is 13.8. The standard InChI is InChI=1S/C14H19BrFNO2/c1-18-12-7-11(15)10(13(16)14(12)19-2)6-9-4-3-5-17-8-9/h7,9,17H,3-6,8H2,1-2H3. The normalized spacial score (nSPS) is 19.3. The minimum absolute atomic E-state index is 0.185. The number of hydrogen-bond acceptors (Lipinski definition) is 3. The van der Waals surface area contributed by atoms with Crippen LogP contribution >= 0.6 is 15.9 Å². The van der Waals surface area contributed by atoms with Crippen LogP contribution in [-0.4, -0.2) is 27.3 Å². The summed E-state index contributed by atoms with van der Waals surface area (Å²) >= 11 is 3.43. The maximum atomic E-state index is 14.5. The summed E-state index contributed by atoms with van der Waals surface area (Å²) in [4.78, 5) is 0. The van der Waals surface area contributed by atoms with Crippen molar-refractivity contribution in [3.05, 3.63) is 21.9 Å². The maximum absolute atomic E-state index is 14.5. The van der Waals surface area contributed by atoms with E-state index in [0.717, 1.165) is 30.4 Å². The summed E-state index contributed by atoms with van der Waals surface area (Å²) in [6, 6.07) is 1.77. The summed E-state index contributed by atoms with van der Waals surface area (Å²) in [6.07, 6.45) is 2.99. The highest BCUT2D eigenvalue weighted by Crippen LogP contribution is 2.38. The molecule has 0 bridgehead atoms. The van der Waals surface area contributed by atoms with Crippen LogP contribution in [0.25, 0.3) is 0 Å². The molecule has 1 aromatic rings. The van der Waals surface area contributed by atoms with Crippen molar-refractivity contribution in [2.45, 2.75) is 19.3 Å². The summed E-state index contributed by atoms with van der Waals surface area (Å²) in [5.41, 5.74) is 0.673. The number of piperidine rings is 1. The number of methoxy groups -OCH3 is 2. The zero-order valence-corrected chi connectivity index (χ0v) is 12.8. The average Bonchev–Trinajstić information content (AvgIpc) is 2.44. The van der Waals surface area contributed by atoms with Crippen LogP contribution in [0.4, 0.5) is 4.39 Å². The molecule has 1 aliphatic heterocycles. The largest absolute Gasteiger partial charge is 0.493 e. The van der Waals surface area contributed by atoms with Gasteiger partial charge in [-0.15, -0.1) is 0 Å². The molecule has 0 radical (unpaired) electrons. The van der Waals surface area contributed by atoms with Gasteiger partial charge in [-0.1, -0.05) is 15.9 Å². The Labute approximate surface area is 121 Å². The molecule has 2 rings (SSSR count). The van der Waals surface area contributed by atoms with Crippen molar-refractivity contribution in [1.82, 2.24) is 5.32 Å². The second-order valence-electron chi connectivity index (χ2n) is 4.80. The Balaban J connectivity index is 2.28. The van der Waals surface area contributed by atoms with Gasteiger partial charge in [0, 0.05) is 10.0 Å². The van der Waals surface area contributed by atoms with Crippen molar-refractivity contribution in [1.29, 1.82) is 0 Å². The van der Waals surface area contributed by atoms with E-state index in [1.807, 2.05) is 0 Å². The van der Waals surface area contributed by atoms with E-state index in [0.29, 0.717) is 23.7 Å². The lowest BCUT2D eigenvalue weighted by atomic mass is 9.92. The number of nitrogens with one attached hydrogen (secondary N) is 1. The second-order valence-corrected chi connectivity index (χ2v) is 5.66. The quantitative estimate of drug-likeness (QED) is 0.919. The number of hydrogen-bond donors (Lipinski definition) is 1. The predicted molar refractivity (Wildman–Crippen MR) is 76.5 cm³/mol. The van der Waals surface area contributed by atoms with Gasteiger partial charge in [-0.05, 0) is 44.3 Å². The molecular weight excluding hydrogens is 313 g/mol. The van der Waals surface area contributed by atoms with E-state index in [-0.39, 0.29) is 11.6 Å². The van der Waals surface area contributed by atoms with Crippen molar-refractivity contribution in [3.63, 3.8) is 0 Å². The van der Waals surface area contributed by atoms with Gasteiger partial charge in [0.25, 0.3) is 0 Å². The molecule has 1 heterocycles. The molecule has 0 aliphatic carbocycles. The van der Waals surface area contributed by atoms with Gasteiger partial charge >= 0.3 is 0 Å². The molecule has 19 heavy (non-hydrogen) atoms. The number of rotatable bonds is 4. The molecule has 0 aromatic heterocycles. The van der Waals surface area contributed by atoms with Gasteiger partial charge in [-0.2, -0.15) is 0 Å². The van der Waals surface area contributed by atoms with E-state index in [4.69, 9.17) is 9.47 Å². The molecule has 1 N–H and O–H groups in total. The van der Waals surface area contributed by atoms with Crippen molar-refractivity contribution in [3.8, 4) is 11.5 Å². The highest BCUT2D eigenvalue weighted by molar-refractivity contribution is 9.10. The Morgan fingerprint density at radius 2 is 2.21 bits per heavy atom. The molecule has 1 atom stereocenters. The van der Waals surface area contributed by atoms with E-state index in [2.05, 4.69) is 21.2 Å². The molecule has 0 saturated carbocycles. The Morgan fingerprint density at radius 1 is 1.42 bits per heavy atom. The molecule has 0 spiro atoms. The topological polar surface area (TPSA) is 30.5 Å². The fraction of sp³-hybridized carbons (Fsp3) is 0.571. The fourth-order valence-corrected chi connectivity index (χ4v) is 3.08. The van der Waals surface area contributed by atoms with Gasteiger partial charge in [-0.25, -0.2) is 4.39 Å². The van der Waals surface area contributed by atoms with Crippen LogP contribution in [-0.2, 0) is 6.42 Å². The summed E-state index contributed by atoms with van der Waals surface area (Å²) in [6.45, 7) is 2.01. The van der Waals surface area contributed by atoms with Crippen LogP contribution in [0.5, 0.6) is 11.5 Å². The van der Waals surface area contributed by atoms with Gasteiger partial charge in [0.15, 0.2) is 17.3 Å². The first kappa shape index (κ1) is 14.6. The zero-order valence-electron chi connectivity index (χ0n) is 11.3. The fourth-order valence-electron chi connectivity index (χ4n) is 2.53. The third-order valence-corrected chi connectivity index (χ3v) is 4.26. The lowest BCUT2D eigenvalue weighted by Gasteiger charge is -2.24. The van der Waals surface area contributed by atoms with Crippen molar-refractivity contribution in [2.24, 2.45) is 5.92 Å². The summed E-state index contributed by atoms with van der Waals surface area (Å²) in [5.74, 6) is 0.749. The van der Waals surface area contributed by atoms with Gasteiger partial charge in [0.05, 0.1) is 14.2 Å². The molecule has 1 fully saturated rings. The number of ether oxygens (including phenoxy) is 2. The molecule has 1 aromatic carbocycles. The van der Waals surface area contributed by atoms with E-state index in [1.54, 1.807) is 6.07 Å². The highest BCUT2D eigenvalue weighted by Gasteiger charge is 2.22. The first-order valence-corrected chi connectivity index (χ1v) is 7.26. The Morgan fingerprint density at radius 3 is 2.79 bits per heavy atom.